The lowest BCUT2D eigenvalue weighted by Gasteiger charge is -2.27. The predicted molar refractivity (Wildman–Crippen MR) is 84.6 cm³/mol. The largest absolute Gasteiger partial charge is 0.399 e. The zero-order chi connectivity index (χ0) is 16.3. The molecular formula is C14H25N3O3S. The van der Waals surface area contributed by atoms with Gasteiger partial charge in [-0.2, -0.15) is 0 Å². The Balaban J connectivity index is 2.95. The van der Waals surface area contributed by atoms with Crippen molar-refractivity contribution in [2.75, 3.05) is 32.9 Å². The molecular weight excluding hydrogens is 290 g/mol. The second-order valence-electron chi connectivity index (χ2n) is 5.78. The number of benzene rings is 1. The van der Waals surface area contributed by atoms with Crippen LogP contribution in [0.15, 0.2) is 23.1 Å². The summed E-state index contributed by atoms with van der Waals surface area (Å²) >= 11 is 0. The van der Waals surface area contributed by atoms with Gasteiger partial charge in [0, 0.05) is 18.8 Å². The highest BCUT2D eigenvalue weighted by Crippen LogP contribution is 2.20. The first-order valence-corrected chi connectivity index (χ1v) is 8.31. The van der Waals surface area contributed by atoms with E-state index in [1.807, 2.05) is 21.0 Å². The summed E-state index contributed by atoms with van der Waals surface area (Å²) in [5, 5.41) is 10.2. The van der Waals surface area contributed by atoms with Crippen LogP contribution < -0.4 is 10.5 Å². The first-order valence-electron chi connectivity index (χ1n) is 6.82. The molecule has 120 valence electrons. The van der Waals surface area contributed by atoms with Gasteiger partial charge in [0.15, 0.2) is 0 Å². The topological polar surface area (TPSA) is 95.7 Å². The third-order valence-corrected chi connectivity index (χ3v) is 4.54. The smallest absolute Gasteiger partial charge is 0.241 e. The van der Waals surface area contributed by atoms with Gasteiger partial charge >= 0.3 is 0 Å². The quantitative estimate of drug-likeness (QED) is 0.634. The number of anilines is 1. The summed E-state index contributed by atoms with van der Waals surface area (Å²) in [7, 11) is -0.0720. The minimum atomic E-state index is -3.70. The van der Waals surface area contributed by atoms with E-state index in [1.54, 1.807) is 24.0 Å². The summed E-state index contributed by atoms with van der Waals surface area (Å²) < 4.78 is 27.3. The van der Waals surface area contributed by atoms with E-state index in [-0.39, 0.29) is 11.4 Å². The van der Waals surface area contributed by atoms with E-state index in [0.29, 0.717) is 24.2 Å². The molecule has 0 saturated heterocycles. The first-order chi connectivity index (χ1) is 9.57. The fraction of sp³-hybridized carbons (Fsp3) is 0.571. The van der Waals surface area contributed by atoms with Gasteiger partial charge < -0.3 is 15.7 Å². The molecule has 1 aromatic carbocycles. The number of hydrogen-bond acceptors (Lipinski definition) is 5. The van der Waals surface area contributed by atoms with Gasteiger partial charge in [0.25, 0.3) is 0 Å². The second-order valence-corrected chi connectivity index (χ2v) is 7.52. The number of aryl methyl sites for hydroxylation is 1. The van der Waals surface area contributed by atoms with Crippen molar-refractivity contribution in [1.82, 2.24) is 9.62 Å². The van der Waals surface area contributed by atoms with E-state index in [2.05, 4.69) is 4.72 Å². The van der Waals surface area contributed by atoms with E-state index < -0.39 is 15.6 Å². The van der Waals surface area contributed by atoms with Gasteiger partial charge in [-0.15, -0.1) is 0 Å². The monoisotopic (exact) mass is 315 g/mol. The Bertz CT molecular complexity index is 583. The van der Waals surface area contributed by atoms with Crippen LogP contribution in [0.25, 0.3) is 0 Å². The van der Waals surface area contributed by atoms with Crippen LogP contribution >= 0.6 is 0 Å². The predicted octanol–water partition coefficient (Wildman–Crippen LogP) is 0.422. The van der Waals surface area contributed by atoms with Crippen LogP contribution in [0.4, 0.5) is 5.69 Å². The van der Waals surface area contributed by atoms with Crippen molar-refractivity contribution in [2.45, 2.75) is 30.8 Å². The molecule has 0 bridgehead atoms. The van der Waals surface area contributed by atoms with Crippen LogP contribution in [0, 0.1) is 0 Å². The highest BCUT2D eigenvalue weighted by atomic mass is 32.2. The minimum Gasteiger partial charge on any atom is -0.399 e. The maximum atomic E-state index is 12.4. The number of nitrogens with one attached hydrogen (secondary N) is 1. The highest BCUT2D eigenvalue weighted by molar-refractivity contribution is 7.89. The maximum absolute atomic E-state index is 12.4. The Kier molecular flexibility index (Phi) is 5.75. The summed E-state index contributed by atoms with van der Waals surface area (Å²) in [6.07, 6.45) is 0.588. The summed E-state index contributed by atoms with van der Waals surface area (Å²) in [6.45, 7) is 3.76. The average Bonchev–Trinajstić information content (AvgIpc) is 2.35. The number of nitrogens with two attached hydrogens (primary N) is 1. The van der Waals surface area contributed by atoms with Crippen LogP contribution in [0.3, 0.4) is 0 Å². The fourth-order valence-electron chi connectivity index (χ4n) is 2.18. The van der Waals surface area contributed by atoms with Gasteiger partial charge in [-0.05, 0) is 45.1 Å². The van der Waals surface area contributed by atoms with E-state index in [4.69, 9.17) is 5.73 Å². The molecule has 0 aliphatic heterocycles. The van der Waals surface area contributed by atoms with Crippen molar-refractivity contribution >= 4 is 15.7 Å². The van der Waals surface area contributed by atoms with Gasteiger partial charge in [0.2, 0.25) is 10.0 Å². The molecule has 6 nitrogen and oxygen atoms in total. The number of hydrogen-bond donors (Lipinski definition) is 3. The number of likely N-dealkylation sites (N-methyl/N-ethyl adjacent to an activating group) is 1. The highest BCUT2D eigenvalue weighted by Gasteiger charge is 2.26. The van der Waals surface area contributed by atoms with Crippen molar-refractivity contribution < 1.29 is 13.5 Å². The third-order valence-electron chi connectivity index (χ3n) is 3.06. The van der Waals surface area contributed by atoms with Gasteiger partial charge in [-0.3, -0.25) is 0 Å². The maximum Gasteiger partial charge on any atom is 0.241 e. The molecule has 1 aromatic rings. The molecule has 0 aromatic heterocycles. The SMILES string of the molecule is CCc1ccc(N)cc1S(=O)(=O)NCC(C)(O)CN(C)C. The van der Waals surface area contributed by atoms with Crippen molar-refractivity contribution in [3.63, 3.8) is 0 Å². The first kappa shape index (κ1) is 17.9. The third kappa shape index (κ3) is 5.28. The zero-order valence-corrected chi connectivity index (χ0v) is 13.9. The van der Waals surface area contributed by atoms with Crippen molar-refractivity contribution in [2.24, 2.45) is 0 Å². The van der Waals surface area contributed by atoms with Crippen molar-refractivity contribution in [1.29, 1.82) is 0 Å². The zero-order valence-electron chi connectivity index (χ0n) is 13.0. The molecule has 1 atom stereocenters. The van der Waals surface area contributed by atoms with Gasteiger partial charge in [0.05, 0.1) is 10.5 Å². The molecule has 0 heterocycles. The Morgan fingerprint density at radius 1 is 1.38 bits per heavy atom. The molecule has 0 aliphatic rings. The molecule has 1 rings (SSSR count). The summed E-state index contributed by atoms with van der Waals surface area (Å²) in [6, 6.07) is 4.84. The summed E-state index contributed by atoms with van der Waals surface area (Å²) in [5.74, 6) is 0. The molecule has 0 fully saturated rings. The number of sulfonamides is 1. The van der Waals surface area contributed by atoms with Gasteiger partial charge in [-0.1, -0.05) is 13.0 Å². The number of aliphatic hydroxyl groups is 1. The van der Waals surface area contributed by atoms with Crippen LogP contribution in [-0.2, 0) is 16.4 Å². The van der Waals surface area contributed by atoms with Crippen molar-refractivity contribution in [3.8, 4) is 0 Å². The van der Waals surface area contributed by atoms with Gasteiger partial charge in [-0.25, -0.2) is 13.1 Å². The molecule has 0 radical (unpaired) electrons. The lowest BCUT2D eigenvalue weighted by molar-refractivity contribution is 0.0386. The Morgan fingerprint density at radius 2 is 2.00 bits per heavy atom. The normalized spacial score (nSPS) is 15.1. The lowest BCUT2D eigenvalue weighted by atomic mass is 10.1. The number of nitrogens with zero attached hydrogens (tertiary/aromatic N) is 1. The molecule has 7 heteroatoms. The van der Waals surface area contributed by atoms with Crippen molar-refractivity contribution in [3.05, 3.63) is 23.8 Å². The molecule has 21 heavy (non-hydrogen) atoms. The summed E-state index contributed by atoms with van der Waals surface area (Å²) in [5.41, 5.74) is 5.62. The Hall–Kier alpha value is -1.15. The Labute approximate surface area is 127 Å². The van der Waals surface area contributed by atoms with Gasteiger partial charge in [0.1, 0.15) is 0 Å². The summed E-state index contributed by atoms with van der Waals surface area (Å²) in [4.78, 5) is 1.97. The van der Waals surface area contributed by atoms with Crippen LogP contribution in [0.1, 0.15) is 19.4 Å². The molecule has 0 amide bonds. The van der Waals surface area contributed by atoms with E-state index >= 15 is 0 Å². The Morgan fingerprint density at radius 3 is 2.52 bits per heavy atom. The van der Waals surface area contributed by atoms with Crippen LogP contribution in [0.5, 0.6) is 0 Å². The fourth-order valence-corrected chi connectivity index (χ4v) is 3.68. The molecule has 1 unspecified atom stereocenters. The standard InChI is InChI=1S/C14H25N3O3S/c1-5-11-6-7-12(15)8-13(11)21(19,20)16-9-14(2,18)10-17(3)4/h6-8,16,18H,5,9-10,15H2,1-4H3. The van der Waals surface area contributed by atoms with Crippen LogP contribution in [-0.4, -0.2) is 51.2 Å². The number of nitrogen functional groups attached to an aromatic ring is 1. The van der Waals surface area contributed by atoms with E-state index in [9.17, 15) is 13.5 Å². The average molecular weight is 315 g/mol. The van der Waals surface area contributed by atoms with Crippen LogP contribution in [0.2, 0.25) is 0 Å². The van der Waals surface area contributed by atoms with E-state index in [1.165, 1.54) is 6.07 Å². The lowest BCUT2D eigenvalue weighted by Crippen LogP contribution is -2.47. The van der Waals surface area contributed by atoms with E-state index in [0.717, 1.165) is 0 Å². The molecule has 0 saturated carbocycles. The molecule has 0 spiro atoms. The second kappa shape index (κ2) is 6.74. The minimum absolute atomic E-state index is 0.0640. The molecule has 0 aliphatic carbocycles. The molecule has 4 N–H and O–H groups in total. The number of rotatable bonds is 7.